The molecule has 0 aliphatic carbocycles. The van der Waals surface area contributed by atoms with Crippen LogP contribution in [0.25, 0.3) is 22.5 Å². The number of aryl methyl sites for hydroxylation is 1. The highest BCUT2D eigenvalue weighted by Gasteiger charge is 2.19. The first-order valence-electron chi connectivity index (χ1n) is 6.34. The molecular formula is C16H12BrClN2O. The SMILES string of the molecule is Cc1ccc(Br)c(-c2onc(N)c2-c2ccc(Cl)cc2)c1. The van der Waals surface area contributed by atoms with Gasteiger partial charge in [0.25, 0.3) is 0 Å². The van der Waals surface area contributed by atoms with Crippen LogP contribution < -0.4 is 5.73 Å². The lowest BCUT2D eigenvalue weighted by Gasteiger charge is -2.06. The molecule has 0 spiro atoms. The van der Waals surface area contributed by atoms with Gasteiger partial charge in [0, 0.05) is 15.1 Å². The fourth-order valence-corrected chi connectivity index (χ4v) is 2.75. The Kier molecular flexibility index (Phi) is 3.74. The van der Waals surface area contributed by atoms with E-state index in [0.717, 1.165) is 26.7 Å². The van der Waals surface area contributed by atoms with E-state index in [-0.39, 0.29) is 0 Å². The molecule has 0 atom stereocenters. The van der Waals surface area contributed by atoms with Crippen LogP contribution in [0.15, 0.2) is 51.5 Å². The van der Waals surface area contributed by atoms with E-state index in [2.05, 4.69) is 21.1 Å². The Morgan fingerprint density at radius 2 is 1.86 bits per heavy atom. The van der Waals surface area contributed by atoms with E-state index >= 15 is 0 Å². The third-order valence-electron chi connectivity index (χ3n) is 3.22. The van der Waals surface area contributed by atoms with Gasteiger partial charge in [-0.2, -0.15) is 0 Å². The molecule has 0 unspecified atom stereocenters. The van der Waals surface area contributed by atoms with Gasteiger partial charge in [-0.3, -0.25) is 0 Å². The molecule has 0 bridgehead atoms. The van der Waals surface area contributed by atoms with Crippen molar-refractivity contribution in [3.05, 3.63) is 57.5 Å². The van der Waals surface area contributed by atoms with Gasteiger partial charge in [-0.15, -0.1) is 0 Å². The van der Waals surface area contributed by atoms with E-state index in [9.17, 15) is 0 Å². The second kappa shape index (κ2) is 5.54. The minimum atomic E-state index is 0.362. The van der Waals surface area contributed by atoms with Gasteiger partial charge in [0.2, 0.25) is 0 Å². The largest absolute Gasteiger partial charge is 0.380 e. The predicted octanol–water partition coefficient (Wildman–Crippen LogP) is 5.32. The Morgan fingerprint density at radius 1 is 1.14 bits per heavy atom. The molecule has 0 aliphatic heterocycles. The Labute approximate surface area is 135 Å². The number of hydrogen-bond donors (Lipinski definition) is 1. The van der Waals surface area contributed by atoms with Gasteiger partial charge in [0.15, 0.2) is 11.6 Å². The summed E-state index contributed by atoms with van der Waals surface area (Å²) >= 11 is 9.48. The molecular weight excluding hydrogens is 352 g/mol. The maximum Gasteiger partial charge on any atom is 0.178 e. The molecule has 21 heavy (non-hydrogen) atoms. The molecule has 0 radical (unpaired) electrons. The zero-order chi connectivity index (χ0) is 15.0. The van der Waals surface area contributed by atoms with Crippen LogP contribution in [0.2, 0.25) is 5.02 Å². The van der Waals surface area contributed by atoms with E-state index in [4.69, 9.17) is 21.9 Å². The third-order valence-corrected chi connectivity index (χ3v) is 4.16. The van der Waals surface area contributed by atoms with Gasteiger partial charge >= 0.3 is 0 Å². The van der Waals surface area contributed by atoms with E-state index in [1.807, 2.05) is 49.4 Å². The minimum absolute atomic E-state index is 0.362. The minimum Gasteiger partial charge on any atom is -0.380 e. The molecule has 3 aromatic rings. The third kappa shape index (κ3) is 2.69. The molecule has 0 amide bonds. The van der Waals surface area contributed by atoms with Crippen molar-refractivity contribution in [2.24, 2.45) is 0 Å². The van der Waals surface area contributed by atoms with Crippen molar-refractivity contribution < 1.29 is 4.52 Å². The molecule has 0 saturated heterocycles. The lowest BCUT2D eigenvalue weighted by atomic mass is 10.0. The molecule has 0 fully saturated rings. The highest BCUT2D eigenvalue weighted by molar-refractivity contribution is 9.10. The lowest BCUT2D eigenvalue weighted by molar-refractivity contribution is 0.436. The zero-order valence-corrected chi connectivity index (χ0v) is 13.6. The maximum atomic E-state index is 5.98. The van der Waals surface area contributed by atoms with Gasteiger partial charge in [0.05, 0.1) is 5.56 Å². The summed E-state index contributed by atoms with van der Waals surface area (Å²) < 4.78 is 6.39. The average Bonchev–Trinajstić information content (AvgIpc) is 2.84. The normalized spacial score (nSPS) is 10.8. The van der Waals surface area contributed by atoms with Crippen molar-refractivity contribution in [2.75, 3.05) is 5.73 Å². The van der Waals surface area contributed by atoms with Crippen LogP contribution in [0.1, 0.15) is 5.56 Å². The predicted molar refractivity (Wildman–Crippen MR) is 89.2 cm³/mol. The lowest BCUT2D eigenvalue weighted by Crippen LogP contribution is -1.89. The van der Waals surface area contributed by atoms with E-state index in [1.165, 1.54) is 0 Å². The van der Waals surface area contributed by atoms with Crippen molar-refractivity contribution in [1.82, 2.24) is 5.16 Å². The Hall–Kier alpha value is -1.78. The van der Waals surface area contributed by atoms with Gasteiger partial charge in [-0.05, 0) is 36.8 Å². The van der Waals surface area contributed by atoms with Crippen LogP contribution in [0.5, 0.6) is 0 Å². The second-order valence-corrected chi connectivity index (χ2v) is 6.05. The first-order chi connectivity index (χ1) is 10.1. The molecule has 1 aromatic heterocycles. The summed E-state index contributed by atoms with van der Waals surface area (Å²) in [6.45, 7) is 2.03. The summed E-state index contributed by atoms with van der Waals surface area (Å²) in [5.41, 5.74) is 9.73. The summed E-state index contributed by atoms with van der Waals surface area (Å²) in [4.78, 5) is 0. The molecule has 1 heterocycles. The van der Waals surface area contributed by atoms with Gasteiger partial charge < -0.3 is 10.3 Å². The monoisotopic (exact) mass is 362 g/mol. The van der Waals surface area contributed by atoms with Crippen LogP contribution >= 0.6 is 27.5 Å². The number of halogens is 2. The molecule has 0 aliphatic rings. The molecule has 0 saturated carbocycles. The van der Waals surface area contributed by atoms with Gasteiger partial charge in [-0.25, -0.2) is 0 Å². The summed E-state index contributed by atoms with van der Waals surface area (Å²) in [5, 5.41) is 4.58. The topological polar surface area (TPSA) is 52.0 Å². The molecule has 106 valence electrons. The van der Waals surface area contributed by atoms with Crippen LogP contribution in [0.4, 0.5) is 5.82 Å². The second-order valence-electron chi connectivity index (χ2n) is 4.76. The molecule has 3 nitrogen and oxygen atoms in total. The van der Waals surface area contributed by atoms with Crippen molar-refractivity contribution in [3.63, 3.8) is 0 Å². The summed E-state index contributed by atoms with van der Waals surface area (Å²) in [6.07, 6.45) is 0. The number of rotatable bonds is 2. The first kappa shape index (κ1) is 14.2. The fourth-order valence-electron chi connectivity index (χ4n) is 2.19. The zero-order valence-electron chi connectivity index (χ0n) is 11.2. The summed E-state index contributed by atoms with van der Waals surface area (Å²) in [5.74, 6) is 1.01. The van der Waals surface area contributed by atoms with Crippen molar-refractivity contribution in [3.8, 4) is 22.5 Å². The summed E-state index contributed by atoms with van der Waals surface area (Å²) in [6, 6.07) is 13.5. The van der Waals surface area contributed by atoms with E-state index < -0.39 is 0 Å². The number of nitrogens with zero attached hydrogens (tertiary/aromatic N) is 1. The van der Waals surface area contributed by atoms with E-state index in [0.29, 0.717) is 16.6 Å². The smallest absolute Gasteiger partial charge is 0.178 e. The molecule has 3 rings (SSSR count). The maximum absolute atomic E-state index is 5.98. The quantitative estimate of drug-likeness (QED) is 0.671. The number of benzene rings is 2. The number of nitrogens with two attached hydrogens (primary N) is 1. The van der Waals surface area contributed by atoms with Crippen LogP contribution in [0.3, 0.4) is 0 Å². The highest BCUT2D eigenvalue weighted by atomic mass is 79.9. The van der Waals surface area contributed by atoms with Crippen LogP contribution in [0, 0.1) is 6.92 Å². The van der Waals surface area contributed by atoms with Crippen LogP contribution in [-0.4, -0.2) is 5.16 Å². The Balaban J connectivity index is 2.21. The number of anilines is 1. The first-order valence-corrected chi connectivity index (χ1v) is 7.51. The fraction of sp³-hybridized carbons (Fsp3) is 0.0625. The average molecular weight is 364 g/mol. The number of aromatic nitrogens is 1. The summed E-state index contributed by atoms with van der Waals surface area (Å²) in [7, 11) is 0. The standard InChI is InChI=1S/C16H12BrClN2O/c1-9-2-7-13(17)12(8-9)15-14(16(19)20-21-15)10-3-5-11(18)6-4-10/h2-8H,1H3,(H2,19,20). The van der Waals surface area contributed by atoms with Crippen molar-refractivity contribution in [1.29, 1.82) is 0 Å². The van der Waals surface area contributed by atoms with Gasteiger partial charge in [-0.1, -0.05) is 56.5 Å². The number of hydrogen-bond acceptors (Lipinski definition) is 3. The van der Waals surface area contributed by atoms with Crippen molar-refractivity contribution >= 4 is 33.3 Å². The van der Waals surface area contributed by atoms with Gasteiger partial charge in [0.1, 0.15) is 0 Å². The number of nitrogen functional groups attached to an aromatic ring is 1. The Morgan fingerprint density at radius 3 is 2.57 bits per heavy atom. The van der Waals surface area contributed by atoms with Crippen LogP contribution in [-0.2, 0) is 0 Å². The molecule has 2 N–H and O–H groups in total. The molecule has 5 heteroatoms. The van der Waals surface area contributed by atoms with Crippen molar-refractivity contribution in [2.45, 2.75) is 6.92 Å². The highest BCUT2D eigenvalue weighted by Crippen LogP contribution is 2.40. The molecule has 2 aromatic carbocycles. The Bertz CT molecular complexity index is 797. The van der Waals surface area contributed by atoms with E-state index in [1.54, 1.807) is 0 Å².